The zero-order chi connectivity index (χ0) is 14.8. The molecule has 0 aromatic heterocycles. The van der Waals surface area contributed by atoms with Crippen molar-refractivity contribution in [2.45, 2.75) is 0 Å². The van der Waals surface area contributed by atoms with Crippen LogP contribution in [0.1, 0.15) is 0 Å². The average Bonchev–Trinajstić information content (AvgIpc) is 3.02. The molecule has 0 atom stereocenters. The van der Waals surface area contributed by atoms with Gasteiger partial charge in [-0.1, -0.05) is 31.9 Å². The van der Waals surface area contributed by atoms with Gasteiger partial charge < -0.3 is 0 Å². The molecule has 2 aliphatic heterocycles. The maximum Gasteiger partial charge on any atom is 0.0724 e. The van der Waals surface area contributed by atoms with Gasteiger partial charge in [0.2, 0.25) is 0 Å². The largest absolute Gasteiger partial charge is 0.248 e. The second-order valence-corrected chi connectivity index (χ2v) is 7.26. The van der Waals surface area contributed by atoms with Gasteiger partial charge in [0.15, 0.2) is 0 Å². The monoisotopic (exact) mass is 410 g/mol. The quantitative estimate of drug-likeness (QED) is 0.339. The number of halogens is 2. The van der Waals surface area contributed by atoms with Crippen molar-refractivity contribution in [3.8, 4) is 22.3 Å². The first-order chi connectivity index (χ1) is 10.7. The molecular formula is C18H8Br2N2. The van der Waals surface area contributed by atoms with Crippen molar-refractivity contribution in [1.82, 2.24) is 0 Å². The predicted molar refractivity (Wildman–Crippen MR) is 94.3 cm³/mol. The predicted octanol–water partition coefficient (Wildman–Crippen LogP) is 5.08. The van der Waals surface area contributed by atoms with E-state index < -0.39 is 0 Å². The van der Waals surface area contributed by atoms with E-state index in [-0.39, 0.29) is 0 Å². The van der Waals surface area contributed by atoms with Gasteiger partial charge in [0.1, 0.15) is 0 Å². The van der Waals surface area contributed by atoms with Crippen molar-refractivity contribution in [3.05, 3.63) is 68.2 Å². The second kappa shape index (κ2) is 4.37. The van der Waals surface area contributed by atoms with Crippen molar-refractivity contribution in [1.29, 1.82) is 0 Å². The van der Waals surface area contributed by atoms with Gasteiger partial charge >= 0.3 is 0 Å². The number of benzene rings is 3. The number of hydrogen-bond acceptors (Lipinski definition) is 2. The van der Waals surface area contributed by atoms with Crippen LogP contribution >= 0.6 is 31.9 Å². The van der Waals surface area contributed by atoms with E-state index >= 15 is 0 Å². The molecule has 0 unspecified atom stereocenters. The lowest BCUT2D eigenvalue weighted by Crippen LogP contribution is -2.11. The van der Waals surface area contributed by atoms with Gasteiger partial charge in [0.05, 0.1) is 22.1 Å². The summed E-state index contributed by atoms with van der Waals surface area (Å²) >= 11 is 7.08. The fourth-order valence-corrected chi connectivity index (χ4v) is 3.82. The molecule has 0 aliphatic carbocycles. The smallest absolute Gasteiger partial charge is 0.0724 e. The lowest BCUT2D eigenvalue weighted by atomic mass is 10.0. The molecular weight excluding hydrogens is 404 g/mol. The fraction of sp³-hybridized carbons (Fsp3) is 0. The highest BCUT2D eigenvalue weighted by Crippen LogP contribution is 2.38. The molecule has 0 amide bonds. The second-order valence-electron chi connectivity index (χ2n) is 5.43. The molecule has 2 aliphatic rings. The Morgan fingerprint density at radius 1 is 0.545 bits per heavy atom. The lowest BCUT2D eigenvalue weighted by Gasteiger charge is -2.02. The van der Waals surface area contributed by atoms with Crippen LogP contribution in [0, 0.1) is 0 Å². The van der Waals surface area contributed by atoms with E-state index in [4.69, 9.17) is 9.98 Å². The molecule has 4 heteroatoms. The first-order valence-corrected chi connectivity index (χ1v) is 8.49. The van der Waals surface area contributed by atoms with Crippen LogP contribution < -0.4 is 10.7 Å². The van der Waals surface area contributed by atoms with Gasteiger partial charge in [-0.05, 0) is 48.5 Å². The summed E-state index contributed by atoms with van der Waals surface area (Å²) in [6.45, 7) is 0. The molecule has 3 aromatic rings. The van der Waals surface area contributed by atoms with Gasteiger partial charge in [-0.2, -0.15) is 0 Å². The highest BCUT2D eigenvalue weighted by molar-refractivity contribution is 9.10. The van der Waals surface area contributed by atoms with E-state index in [1.807, 2.05) is 24.3 Å². The summed E-state index contributed by atoms with van der Waals surface area (Å²) < 4.78 is 2.14. The zero-order valence-corrected chi connectivity index (χ0v) is 14.4. The normalized spacial score (nSPS) is 12.8. The molecule has 0 saturated carbocycles. The highest BCUT2D eigenvalue weighted by atomic mass is 79.9. The Balaban J connectivity index is 1.83. The Morgan fingerprint density at radius 3 is 1.45 bits per heavy atom. The molecule has 0 bridgehead atoms. The van der Waals surface area contributed by atoms with Crippen molar-refractivity contribution in [3.63, 3.8) is 0 Å². The number of hydrogen-bond donors (Lipinski definition) is 0. The molecule has 3 aromatic carbocycles. The summed E-state index contributed by atoms with van der Waals surface area (Å²) in [7, 11) is 0. The van der Waals surface area contributed by atoms with Crippen LogP contribution in [0.3, 0.4) is 0 Å². The maximum absolute atomic E-state index is 4.75. The minimum atomic E-state index is 1.02. The minimum Gasteiger partial charge on any atom is -0.248 e. The fourth-order valence-electron chi connectivity index (χ4n) is 3.10. The average molecular weight is 412 g/mol. The molecule has 0 saturated heterocycles. The van der Waals surface area contributed by atoms with Crippen molar-refractivity contribution in [2.24, 2.45) is 9.98 Å². The SMILES string of the molecule is Brc1ccc2c(c1)-c1cc3c(cc1=N2)-c1cc(Br)ccc1N=3. The summed E-state index contributed by atoms with van der Waals surface area (Å²) in [4.78, 5) is 9.51. The molecule has 0 N–H and O–H groups in total. The first-order valence-electron chi connectivity index (χ1n) is 6.90. The Hall–Kier alpha value is -1.78. The molecule has 22 heavy (non-hydrogen) atoms. The topological polar surface area (TPSA) is 24.7 Å². The van der Waals surface area contributed by atoms with E-state index in [9.17, 15) is 0 Å². The first kappa shape index (κ1) is 12.7. The summed E-state index contributed by atoms with van der Waals surface area (Å²) in [5, 5.41) is 2.05. The Bertz CT molecular complexity index is 1010. The van der Waals surface area contributed by atoms with Crippen LogP contribution in [0.25, 0.3) is 22.3 Å². The molecule has 5 rings (SSSR count). The summed E-state index contributed by atoms with van der Waals surface area (Å²) in [5.74, 6) is 0. The minimum absolute atomic E-state index is 1.02. The van der Waals surface area contributed by atoms with Crippen LogP contribution in [0.15, 0.2) is 67.5 Å². The number of rotatable bonds is 0. The third kappa shape index (κ3) is 1.71. The van der Waals surface area contributed by atoms with E-state index in [2.05, 4.69) is 56.1 Å². The third-order valence-electron chi connectivity index (χ3n) is 4.09. The van der Waals surface area contributed by atoms with Gasteiger partial charge in [-0.3, -0.25) is 0 Å². The van der Waals surface area contributed by atoms with E-state index in [0.717, 1.165) is 42.2 Å². The Kier molecular flexibility index (Phi) is 2.53. The molecule has 104 valence electrons. The van der Waals surface area contributed by atoms with Crippen LogP contribution in [-0.2, 0) is 0 Å². The van der Waals surface area contributed by atoms with E-state index in [0.29, 0.717) is 0 Å². The van der Waals surface area contributed by atoms with Crippen molar-refractivity contribution >= 4 is 43.2 Å². The van der Waals surface area contributed by atoms with Gasteiger partial charge in [-0.25, -0.2) is 9.98 Å². The van der Waals surface area contributed by atoms with Crippen molar-refractivity contribution < 1.29 is 0 Å². The zero-order valence-electron chi connectivity index (χ0n) is 11.3. The number of fused-ring (bicyclic) bond motifs is 6. The maximum atomic E-state index is 4.75. The number of nitrogens with zero attached hydrogens (tertiary/aromatic N) is 2. The summed E-state index contributed by atoms with van der Waals surface area (Å²) in [5.41, 5.74) is 6.70. The van der Waals surface area contributed by atoms with Gasteiger partial charge in [0, 0.05) is 31.2 Å². The standard InChI is InChI=1S/C18H8Br2N2/c19-9-1-3-15-11(5-9)13-7-18-14(8-17(13)21-15)12-6-10(20)2-4-16(12)22-18/h1-8H. The molecule has 0 radical (unpaired) electrons. The van der Waals surface area contributed by atoms with Crippen LogP contribution in [0.2, 0.25) is 0 Å². The molecule has 0 fully saturated rings. The lowest BCUT2D eigenvalue weighted by molar-refractivity contribution is 1.37. The van der Waals surface area contributed by atoms with Gasteiger partial charge in [0.25, 0.3) is 0 Å². The highest BCUT2D eigenvalue weighted by Gasteiger charge is 2.20. The Morgan fingerprint density at radius 2 is 1.00 bits per heavy atom. The molecule has 2 heterocycles. The van der Waals surface area contributed by atoms with Gasteiger partial charge in [-0.15, -0.1) is 0 Å². The summed E-state index contributed by atoms with van der Waals surface area (Å²) in [6, 6.07) is 16.7. The molecule has 0 spiro atoms. The van der Waals surface area contributed by atoms with E-state index in [1.54, 1.807) is 0 Å². The third-order valence-corrected chi connectivity index (χ3v) is 5.08. The van der Waals surface area contributed by atoms with Crippen LogP contribution in [-0.4, -0.2) is 0 Å². The van der Waals surface area contributed by atoms with Crippen molar-refractivity contribution in [2.75, 3.05) is 0 Å². The van der Waals surface area contributed by atoms with Crippen LogP contribution in [0.5, 0.6) is 0 Å². The van der Waals surface area contributed by atoms with Crippen LogP contribution in [0.4, 0.5) is 11.4 Å². The van der Waals surface area contributed by atoms with E-state index in [1.165, 1.54) is 11.1 Å². The Labute approximate surface area is 143 Å². The summed E-state index contributed by atoms with van der Waals surface area (Å²) in [6.07, 6.45) is 0. The molecule has 2 nitrogen and oxygen atoms in total.